The third kappa shape index (κ3) is 3.70. The molecule has 1 aliphatic rings. The van der Waals surface area contributed by atoms with Crippen molar-refractivity contribution in [3.63, 3.8) is 0 Å². The molecule has 0 spiro atoms. The molecule has 0 saturated carbocycles. The van der Waals surface area contributed by atoms with Gasteiger partial charge in [0, 0.05) is 12.4 Å². The number of hydrogen-bond donors (Lipinski definition) is 1. The minimum Gasteiger partial charge on any atom is -0.388 e. The van der Waals surface area contributed by atoms with E-state index in [2.05, 4.69) is 4.98 Å². The Kier molecular flexibility index (Phi) is 5.11. The van der Waals surface area contributed by atoms with Gasteiger partial charge in [0.25, 0.3) is 0 Å². The van der Waals surface area contributed by atoms with Crippen molar-refractivity contribution in [3.05, 3.63) is 90.0 Å². The van der Waals surface area contributed by atoms with Gasteiger partial charge in [-0.15, -0.1) is 0 Å². The van der Waals surface area contributed by atoms with Crippen molar-refractivity contribution in [2.45, 2.75) is 38.1 Å². The van der Waals surface area contributed by atoms with Crippen molar-refractivity contribution in [1.29, 1.82) is 0 Å². The highest BCUT2D eigenvalue weighted by Gasteiger charge is 2.38. The van der Waals surface area contributed by atoms with E-state index in [1.54, 1.807) is 6.20 Å². The second-order valence-corrected chi connectivity index (χ2v) is 6.48. The summed E-state index contributed by atoms with van der Waals surface area (Å²) >= 11 is 0. The maximum absolute atomic E-state index is 10.6. The molecule has 26 heavy (non-hydrogen) atoms. The van der Waals surface area contributed by atoms with E-state index in [-0.39, 0.29) is 0 Å². The normalized spacial score (nSPS) is 22.1. The van der Waals surface area contributed by atoms with Crippen LogP contribution in [0.3, 0.4) is 0 Å². The Morgan fingerprint density at radius 3 is 2.19 bits per heavy atom. The Morgan fingerprint density at radius 2 is 1.54 bits per heavy atom. The first-order chi connectivity index (χ1) is 12.8. The highest BCUT2D eigenvalue weighted by molar-refractivity contribution is 5.15. The van der Waals surface area contributed by atoms with Crippen LogP contribution in [0.1, 0.15) is 23.1 Å². The zero-order valence-electron chi connectivity index (χ0n) is 14.4. The summed E-state index contributed by atoms with van der Waals surface area (Å²) in [5, 5.41) is 10.6. The molecule has 1 aliphatic heterocycles. The van der Waals surface area contributed by atoms with Gasteiger partial charge in [0.15, 0.2) is 0 Å². The lowest BCUT2D eigenvalue weighted by Crippen LogP contribution is -2.44. The molecule has 0 saturated heterocycles. The van der Waals surface area contributed by atoms with Crippen LogP contribution in [0.4, 0.5) is 0 Å². The van der Waals surface area contributed by atoms with Crippen LogP contribution in [0.5, 0.6) is 0 Å². The quantitative estimate of drug-likeness (QED) is 0.742. The lowest BCUT2D eigenvalue weighted by atomic mass is 10.0. The molecule has 2 heterocycles. The smallest absolute Gasteiger partial charge is 0.144 e. The van der Waals surface area contributed by atoms with Crippen LogP contribution >= 0.6 is 0 Å². The van der Waals surface area contributed by atoms with Gasteiger partial charge < -0.3 is 19.1 Å². The Bertz CT molecular complexity index is 820. The van der Waals surface area contributed by atoms with Crippen molar-refractivity contribution >= 4 is 0 Å². The summed E-state index contributed by atoms with van der Waals surface area (Å²) in [5.74, 6) is 0.796. The molecule has 4 rings (SSSR count). The maximum Gasteiger partial charge on any atom is 0.144 e. The monoisotopic (exact) mass is 350 g/mol. The topological polar surface area (TPSA) is 56.5 Å². The van der Waals surface area contributed by atoms with E-state index < -0.39 is 18.3 Å². The van der Waals surface area contributed by atoms with Crippen molar-refractivity contribution in [2.24, 2.45) is 0 Å². The minimum atomic E-state index is -0.652. The Hall–Kier alpha value is -2.47. The standard InChI is InChI=1S/C21H22N2O3/c24-18-13-23-12-11-22-21(23)20(26-15-17-9-5-2-6-10-17)19(18)25-14-16-7-3-1-4-8-16/h1-12,18-20,24H,13-15H2/t18-,19+,20-/m1/s1. The Balaban J connectivity index is 1.51. The summed E-state index contributed by atoms with van der Waals surface area (Å²) in [5.41, 5.74) is 2.14. The number of fused-ring (bicyclic) bond motifs is 1. The van der Waals surface area contributed by atoms with E-state index in [9.17, 15) is 5.11 Å². The lowest BCUT2D eigenvalue weighted by Gasteiger charge is -2.35. The fourth-order valence-corrected chi connectivity index (χ4v) is 3.28. The van der Waals surface area contributed by atoms with E-state index in [0.717, 1.165) is 17.0 Å². The highest BCUT2D eigenvalue weighted by atomic mass is 16.5. The summed E-state index contributed by atoms with van der Waals surface area (Å²) in [6, 6.07) is 19.9. The first-order valence-corrected chi connectivity index (χ1v) is 8.81. The number of aromatic nitrogens is 2. The molecule has 3 atom stereocenters. The maximum atomic E-state index is 10.6. The number of hydrogen-bond acceptors (Lipinski definition) is 4. The van der Waals surface area contributed by atoms with Crippen LogP contribution in [-0.2, 0) is 29.2 Å². The number of benzene rings is 2. The SMILES string of the molecule is O[C@@H]1Cn2ccnc2[C@H](OCc2ccccc2)[C@H]1OCc1ccccc1. The van der Waals surface area contributed by atoms with Gasteiger partial charge in [-0.3, -0.25) is 0 Å². The molecule has 3 aromatic rings. The Morgan fingerprint density at radius 1 is 0.923 bits per heavy atom. The lowest BCUT2D eigenvalue weighted by molar-refractivity contribution is -0.152. The summed E-state index contributed by atoms with van der Waals surface area (Å²) in [7, 11) is 0. The molecule has 0 bridgehead atoms. The van der Waals surface area contributed by atoms with Gasteiger partial charge in [0.2, 0.25) is 0 Å². The van der Waals surface area contributed by atoms with Gasteiger partial charge in [-0.05, 0) is 11.1 Å². The number of aliphatic hydroxyl groups excluding tert-OH is 1. The predicted octanol–water partition coefficient (Wildman–Crippen LogP) is 3.10. The fourth-order valence-electron chi connectivity index (χ4n) is 3.28. The van der Waals surface area contributed by atoms with Crippen molar-refractivity contribution in [2.75, 3.05) is 0 Å². The summed E-state index contributed by atoms with van der Waals surface area (Å²) in [6.07, 6.45) is 2.07. The zero-order chi connectivity index (χ0) is 17.8. The fraction of sp³-hybridized carbons (Fsp3) is 0.286. The summed E-state index contributed by atoms with van der Waals surface area (Å²) < 4.78 is 14.2. The van der Waals surface area contributed by atoms with E-state index in [1.165, 1.54) is 0 Å². The highest BCUT2D eigenvalue weighted by Crippen LogP contribution is 2.31. The molecular weight excluding hydrogens is 328 g/mol. The minimum absolute atomic E-state index is 0.419. The predicted molar refractivity (Wildman–Crippen MR) is 97.2 cm³/mol. The van der Waals surface area contributed by atoms with Crippen LogP contribution in [0.2, 0.25) is 0 Å². The molecule has 0 radical (unpaired) electrons. The number of rotatable bonds is 6. The second-order valence-electron chi connectivity index (χ2n) is 6.48. The van der Waals surface area contributed by atoms with Gasteiger partial charge in [-0.25, -0.2) is 4.98 Å². The number of nitrogens with zero attached hydrogens (tertiary/aromatic N) is 2. The van der Waals surface area contributed by atoms with E-state index >= 15 is 0 Å². The molecule has 5 heteroatoms. The molecule has 1 aromatic heterocycles. The second kappa shape index (κ2) is 7.83. The van der Waals surface area contributed by atoms with Crippen LogP contribution < -0.4 is 0 Å². The van der Waals surface area contributed by atoms with E-state index in [1.807, 2.05) is 71.4 Å². The average Bonchev–Trinajstić information content (AvgIpc) is 3.14. The molecule has 0 fully saturated rings. The summed E-state index contributed by atoms with van der Waals surface area (Å²) in [6.45, 7) is 1.32. The van der Waals surface area contributed by atoms with Gasteiger partial charge in [-0.1, -0.05) is 60.7 Å². The number of aliphatic hydroxyl groups is 1. The van der Waals surface area contributed by atoms with E-state index in [4.69, 9.17) is 9.47 Å². The third-order valence-electron chi connectivity index (χ3n) is 4.62. The first kappa shape index (κ1) is 17.0. The van der Waals surface area contributed by atoms with Crippen molar-refractivity contribution in [1.82, 2.24) is 9.55 Å². The van der Waals surface area contributed by atoms with Gasteiger partial charge >= 0.3 is 0 Å². The molecule has 1 N–H and O–H groups in total. The molecule has 0 amide bonds. The molecule has 5 nitrogen and oxygen atoms in total. The molecule has 0 unspecified atom stereocenters. The third-order valence-corrected chi connectivity index (χ3v) is 4.62. The van der Waals surface area contributed by atoms with Crippen LogP contribution in [0, 0.1) is 0 Å². The molecular formula is C21H22N2O3. The van der Waals surface area contributed by atoms with Gasteiger partial charge in [0.1, 0.15) is 24.1 Å². The first-order valence-electron chi connectivity index (χ1n) is 8.81. The molecule has 2 aromatic carbocycles. The van der Waals surface area contributed by atoms with Crippen LogP contribution in [0.25, 0.3) is 0 Å². The van der Waals surface area contributed by atoms with Crippen LogP contribution in [-0.4, -0.2) is 26.9 Å². The number of imidazole rings is 1. The van der Waals surface area contributed by atoms with Gasteiger partial charge in [0.05, 0.1) is 19.8 Å². The molecule has 0 aliphatic carbocycles. The number of ether oxygens (including phenoxy) is 2. The van der Waals surface area contributed by atoms with Crippen LogP contribution in [0.15, 0.2) is 73.1 Å². The van der Waals surface area contributed by atoms with Crippen molar-refractivity contribution in [3.8, 4) is 0 Å². The van der Waals surface area contributed by atoms with Gasteiger partial charge in [-0.2, -0.15) is 0 Å². The average molecular weight is 350 g/mol. The molecule has 134 valence electrons. The zero-order valence-corrected chi connectivity index (χ0v) is 14.4. The van der Waals surface area contributed by atoms with E-state index in [0.29, 0.717) is 19.8 Å². The van der Waals surface area contributed by atoms with Crippen molar-refractivity contribution < 1.29 is 14.6 Å². The summed E-state index contributed by atoms with van der Waals surface area (Å²) in [4.78, 5) is 4.44. The Labute approximate surface area is 152 Å². The largest absolute Gasteiger partial charge is 0.388 e.